The first-order valence-electron chi connectivity index (χ1n) is 6.63. The van der Waals surface area contributed by atoms with Gasteiger partial charge in [0.15, 0.2) is 0 Å². The number of ketones is 2. The Morgan fingerprint density at radius 1 is 1.09 bits per heavy atom. The minimum Gasteiger partial charge on any atom is -0.506 e. The molecule has 22 heavy (non-hydrogen) atoms. The molecule has 0 fully saturated rings. The number of carbonyl (C=O) groups is 2. The first-order valence-corrected chi connectivity index (χ1v) is 7.01. The van der Waals surface area contributed by atoms with E-state index in [1.165, 1.54) is 24.3 Å². The van der Waals surface area contributed by atoms with Crippen molar-refractivity contribution in [2.75, 3.05) is 18.5 Å². The zero-order valence-corrected chi connectivity index (χ0v) is 12.4. The number of rotatable bonds is 6. The molecule has 0 amide bonds. The van der Waals surface area contributed by atoms with Crippen molar-refractivity contribution in [2.45, 2.75) is 6.42 Å². The Labute approximate surface area is 132 Å². The van der Waals surface area contributed by atoms with E-state index in [9.17, 15) is 14.7 Å². The van der Waals surface area contributed by atoms with E-state index < -0.39 is 0 Å². The van der Waals surface area contributed by atoms with Gasteiger partial charge in [-0.15, -0.1) is 0 Å². The summed E-state index contributed by atoms with van der Waals surface area (Å²) in [5.74, 6) is -0.747. The average Bonchev–Trinajstić information content (AvgIpc) is 2.48. The fourth-order valence-electron chi connectivity index (χ4n) is 1.84. The lowest BCUT2D eigenvalue weighted by atomic mass is 10.1. The molecule has 7 heteroatoms. The summed E-state index contributed by atoms with van der Waals surface area (Å²) in [6.45, 7) is 0.415. The predicted octanol–water partition coefficient (Wildman–Crippen LogP) is 1.35. The van der Waals surface area contributed by atoms with Crippen molar-refractivity contribution in [3.05, 3.63) is 46.8 Å². The first kappa shape index (κ1) is 16.1. The number of hydrogen-bond acceptors (Lipinski definition) is 6. The molecule has 116 valence electrons. The minimum atomic E-state index is -0.352. The van der Waals surface area contributed by atoms with E-state index in [1.54, 1.807) is 6.07 Å². The van der Waals surface area contributed by atoms with Gasteiger partial charge in [0.2, 0.25) is 11.6 Å². The maximum atomic E-state index is 12.0. The van der Waals surface area contributed by atoms with Crippen LogP contribution < -0.4 is 10.6 Å². The quantitative estimate of drug-likeness (QED) is 0.358. The number of aliphatic hydroxyl groups excluding tert-OH is 1. The van der Waals surface area contributed by atoms with Crippen LogP contribution >= 0.6 is 11.6 Å². The van der Waals surface area contributed by atoms with Crippen LogP contribution in [0.5, 0.6) is 5.75 Å². The Bertz CT molecular complexity index is 668. The van der Waals surface area contributed by atoms with Crippen molar-refractivity contribution in [1.82, 2.24) is 5.32 Å². The highest BCUT2D eigenvalue weighted by Gasteiger charge is 2.20. The first-order chi connectivity index (χ1) is 10.5. The molecule has 1 aromatic carbocycles. The maximum absolute atomic E-state index is 12.0. The van der Waals surface area contributed by atoms with Gasteiger partial charge >= 0.3 is 0 Å². The molecule has 0 spiro atoms. The third kappa shape index (κ3) is 3.87. The van der Waals surface area contributed by atoms with E-state index >= 15 is 0 Å². The largest absolute Gasteiger partial charge is 0.506 e. The monoisotopic (exact) mass is 322 g/mol. The van der Waals surface area contributed by atoms with Gasteiger partial charge < -0.3 is 20.8 Å². The topological polar surface area (TPSA) is 98.7 Å². The molecule has 0 radical (unpaired) electrons. The standard InChI is InChI=1S/C15H15ClN2O4/c16-10-6-9(2-3-13(10)20)18-12-8-14(21)11(7-15(12)22)17-4-1-5-19/h2-3,6-8,17-20H,1,4-5H2. The number of phenolic OH excluding ortho intramolecular Hbond substituents is 1. The van der Waals surface area contributed by atoms with Gasteiger partial charge in [-0.2, -0.15) is 0 Å². The molecule has 2 rings (SSSR count). The lowest BCUT2D eigenvalue weighted by Gasteiger charge is -2.15. The number of allylic oxidation sites excluding steroid dienone is 2. The summed E-state index contributed by atoms with van der Waals surface area (Å²) in [6.07, 6.45) is 2.90. The summed E-state index contributed by atoms with van der Waals surface area (Å²) in [7, 11) is 0. The van der Waals surface area contributed by atoms with Crippen LogP contribution in [-0.4, -0.2) is 34.9 Å². The highest BCUT2D eigenvalue weighted by molar-refractivity contribution is 6.32. The lowest BCUT2D eigenvalue weighted by Crippen LogP contribution is -2.27. The Hall–Kier alpha value is -2.31. The summed E-state index contributed by atoms with van der Waals surface area (Å²) in [5, 5.41) is 23.8. The molecular weight excluding hydrogens is 308 g/mol. The van der Waals surface area contributed by atoms with Gasteiger partial charge in [-0.25, -0.2) is 0 Å². The normalized spacial score (nSPS) is 14.5. The van der Waals surface area contributed by atoms with Crippen LogP contribution in [0.25, 0.3) is 0 Å². The van der Waals surface area contributed by atoms with Crippen LogP contribution in [0.2, 0.25) is 5.02 Å². The molecule has 6 nitrogen and oxygen atoms in total. The number of phenols is 1. The maximum Gasteiger partial charge on any atom is 0.204 e. The highest BCUT2D eigenvalue weighted by Crippen LogP contribution is 2.27. The molecule has 1 aromatic rings. The molecule has 0 atom stereocenters. The molecule has 0 saturated heterocycles. The predicted molar refractivity (Wildman–Crippen MR) is 82.6 cm³/mol. The Morgan fingerprint density at radius 3 is 2.45 bits per heavy atom. The van der Waals surface area contributed by atoms with E-state index in [0.29, 0.717) is 18.7 Å². The van der Waals surface area contributed by atoms with Crippen LogP contribution in [0.15, 0.2) is 41.7 Å². The van der Waals surface area contributed by atoms with Crippen LogP contribution in [0.4, 0.5) is 5.69 Å². The van der Waals surface area contributed by atoms with E-state index in [1.807, 2.05) is 0 Å². The number of aliphatic hydroxyl groups is 1. The van der Waals surface area contributed by atoms with Crippen LogP contribution in [-0.2, 0) is 9.59 Å². The number of nitrogens with one attached hydrogen (secondary N) is 2. The van der Waals surface area contributed by atoms with Crippen molar-refractivity contribution < 1.29 is 19.8 Å². The second kappa shape index (κ2) is 7.11. The number of anilines is 1. The molecule has 0 aliphatic heterocycles. The smallest absolute Gasteiger partial charge is 0.204 e. The van der Waals surface area contributed by atoms with Gasteiger partial charge in [0.25, 0.3) is 0 Å². The van der Waals surface area contributed by atoms with E-state index in [0.717, 1.165) is 0 Å². The molecule has 1 aliphatic carbocycles. The minimum absolute atomic E-state index is 0.00662. The molecule has 0 bridgehead atoms. The third-order valence-corrected chi connectivity index (χ3v) is 3.26. The lowest BCUT2D eigenvalue weighted by molar-refractivity contribution is -0.115. The van der Waals surface area contributed by atoms with Crippen LogP contribution in [0.3, 0.4) is 0 Å². The van der Waals surface area contributed by atoms with Crippen LogP contribution in [0.1, 0.15) is 6.42 Å². The fourth-order valence-corrected chi connectivity index (χ4v) is 2.02. The fraction of sp³-hybridized carbons (Fsp3) is 0.200. The van der Waals surface area contributed by atoms with Crippen molar-refractivity contribution in [2.24, 2.45) is 0 Å². The number of hydrogen-bond donors (Lipinski definition) is 4. The summed E-state index contributed by atoms with van der Waals surface area (Å²) < 4.78 is 0. The van der Waals surface area contributed by atoms with E-state index in [4.69, 9.17) is 16.7 Å². The van der Waals surface area contributed by atoms with Gasteiger partial charge in [-0.3, -0.25) is 9.59 Å². The second-order valence-electron chi connectivity index (χ2n) is 4.64. The molecule has 0 unspecified atom stereocenters. The van der Waals surface area contributed by atoms with Crippen molar-refractivity contribution in [1.29, 1.82) is 0 Å². The van der Waals surface area contributed by atoms with E-state index in [2.05, 4.69) is 10.6 Å². The Kier molecular flexibility index (Phi) is 5.19. The van der Waals surface area contributed by atoms with Gasteiger partial charge in [-0.05, 0) is 24.6 Å². The summed E-state index contributed by atoms with van der Waals surface area (Å²) in [4.78, 5) is 23.9. The number of aromatic hydroxyl groups is 1. The molecule has 4 N–H and O–H groups in total. The van der Waals surface area contributed by atoms with Gasteiger partial charge in [-0.1, -0.05) is 11.6 Å². The Morgan fingerprint density at radius 2 is 1.77 bits per heavy atom. The average molecular weight is 323 g/mol. The zero-order valence-electron chi connectivity index (χ0n) is 11.6. The van der Waals surface area contributed by atoms with Crippen molar-refractivity contribution >= 4 is 28.9 Å². The number of halogens is 1. The molecule has 0 aromatic heterocycles. The van der Waals surface area contributed by atoms with Gasteiger partial charge in [0.1, 0.15) is 5.75 Å². The van der Waals surface area contributed by atoms with Gasteiger partial charge in [0.05, 0.1) is 16.4 Å². The zero-order chi connectivity index (χ0) is 16.1. The van der Waals surface area contributed by atoms with Crippen molar-refractivity contribution in [3.8, 4) is 5.75 Å². The molecule has 1 aliphatic rings. The SMILES string of the molecule is O=C1C=C(Nc2ccc(O)c(Cl)c2)C(=O)C=C1NCCCO. The Balaban J connectivity index is 2.07. The summed E-state index contributed by atoms with van der Waals surface area (Å²) in [6, 6.07) is 4.38. The van der Waals surface area contributed by atoms with E-state index in [-0.39, 0.29) is 40.3 Å². The molecule has 0 saturated carbocycles. The van der Waals surface area contributed by atoms with Crippen molar-refractivity contribution in [3.63, 3.8) is 0 Å². The summed E-state index contributed by atoms with van der Waals surface area (Å²) >= 11 is 5.79. The van der Waals surface area contributed by atoms with Gasteiger partial charge in [0, 0.05) is 31.0 Å². The molecular formula is C15H15ClN2O4. The second-order valence-corrected chi connectivity index (χ2v) is 5.05. The summed E-state index contributed by atoms with van der Waals surface area (Å²) in [5.41, 5.74) is 0.812. The highest BCUT2D eigenvalue weighted by atomic mass is 35.5. The van der Waals surface area contributed by atoms with Crippen LogP contribution in [0, 0.1) is 0 Å². The third-order valence-electron chi connectivity index (χ3n) is 2.96. The number of carbonyl (C=O) groups excluding carboxylic acids is 2. The molecule has 0 heterocycles. The number of benzene rings is 1.